The normalized spacial score (nSPS) is 10.7. The first-order valence-electron chi connectivity index (χ1n) is 7.74. The molecule has 128 valence electrons. The molecule has 1 N–H and O–H groups in total. The van der Waals surface area contributed by atoms with Crippen LogP contribution in [-0.4, -0.2) is 29.9 Å². The number of carbonyl (C=O) groups is 1. The van der Waals surface area contributed by atoms with Crippen molar-refractivity contribution in [3.8, 4) is 0 Å². The number of hydrogen-bond acceptors (Lipinski definition) is 3. The second-order valence-corrected chi connectivity index (χ2v) is 5.86. The topological polar surface area (TPSA) is 45.2 Å². The van der Waals surface area contributed by atoms with E-state index >= 15 is 0 Å². The molecule has 1 amide bonds. The van der Waals surface area contributed by atoms with E-state index in [1.165, 1.54) is 11.1 Å². The van der Waals surface area contributed by atoms with Crippen LogP contribution in [0.4, 0.5) is 14.5 Å². The summed E-state index contributed by atoms with van der Waals surface area (Å²) in [6, 6.07) is 10.9. The molecule has 0 aliphatic carbocycles. The van der Waals surface area contributed by atoms with Crippen LogP contribution < -0.4 is 5.32 Å². The summed E-state index contributed by atoms with van der Waals surface area (Å²) in [5.41, 5.74) is 1.97. The van der Waals surface area contributed by atoms with Crippen molar-refractivity contribution in [2.45, 2.75) is 6.54 Å². The third kappa shape index (κ3) is 3.42. The van der Waals surface area contributed by atoms with Gasteiger partial charge in [0.1, 0.15) is 17.2 Å². The molecule has 0 aliphatic rings. The molecule has 2 aromatic carbocycles. The van der Waals surface area contributed by atoms with E-state index in [1.807, 2.05) is 12.1 Å². The number of rotatable bonds is 4. The van der Waals surface area contributed by atoms with Gasteiger partial charge in [-0.2, -0.15) is 0 Å². The van der Waals surface area contributed by atoms with Crippen LogP contribution in [0.15, 0.2) is 48.7 Å². The Morgan fingerprint density at radius 3 is 2.40 bits per heavy atom. The van der Waals surface area contributed by atoms with Crippen LogP contribution in [0.3, 0.4) is 0 Å². The highest BCUT2D eigenvalue weighted by atomic mass is 19.1. The first-order chi connectivity index (χ1) is 12.0. The molecule has 0 fully saturated rings. The van der Waals surface area contributed by atoms with Gasteiger partial charge in [-0.1, -0.05) is 12.1 Å². The molecule has 0 spiro atoms. The Morgan fingerprint density at radius 2 is 1.72 bits per heavy atom. The number of pyridine rings is 1. The van der Waals surface area contributed by atoms with E-state index in [-0.39, 0.29) is 16.8 Å². The van der Waals surface area contributed by atoms with Crippen LogP contribution in [0.5, 0.6) is 0 Å². The van der Waals surface area contributed by atoms with Crippen molar-refractivity contribution in [1.29, 1.82) is 0 Å². The summed E-state index contributed by atoms with van der Waals surface area (Å²) in [5.74, 6) is -1.16. The van der Waals surface area contributed by atoms with Crippen LogP contribution in [0.2, 0.25) is 0 Å². The number of aromatic nitrogens is 1. The molecule has 1 aromatic heterocycles. The molecule has 0 saturated heterocycles. The smallest absolute Gasteiger partial charge is 0.253 e. The van der Waals surface area contributed by atoms with Gasteiger partial charge in [-0.25, -0.2) is 8.78 Å². The van der Waals surface area contributed by atoms with Crippen molar-refractivity contribution in [2.24, 2.45) is 0 Å². The number of anilines is 1. The Bertz CT molecular complexity index is 924. The molecular formula is C19H17F2N3O. The number of nitrogens with zero attached hydrogens (tertiary/aromatic N) is 2. The minimum Gasteiger partial charge on any atom is -0.380 e. The standard InChI is InChI=1S/C19H17F2N3O/c1-24(2)19(25)13-5-3-12(4-6-13)11-23-16-9-10-22-18-15(21)8-7-14(20)17(16)18/h3-10H,11H2,1-2H3,(H,22,23). The molecule has 6 heteroatoms. The summed E-state index contributed by atoms with van der Waals surface area (Å²) in [6.45, 7) is 0.408. The van der Waals surface area contributed by atoms with Gasteiger partial charge in [0.15, 0.2) is 0 Å². The van der Waals surface area contributed by atoms with Crippen molar-refractivity contribution < 1.29 is 13.6 Å². The zero-order valence-electron chi connectivity index (χ0n) is 13.9. The number of fused-ring (bicyclic) bond motifs is 1. The molecule has 0 saturated carbocycles. The number of nitrogens with one attached hydrogen (secondary N) is 1. The van der Waals surface area contributed by atoms with Crippen LogP contribution in [-0.2, 0) is 6.54 Å². The second kappa shape index (κ2) is 6.84. The lowest BCUT2D eigenvalue weighted by molar-refractivity contribution is 0.0827. The minimum absolute atomic E-state index is 0.00284. The lowest BCUT2D eigenvalue weighted by Gasteiger charge is -2.12. The van der Waals surface area contributed by atoms with Gasteiger partial charge in [-0.3, -0.25) is 9.78 Å². The van der Waals surface area contributed by atoms with Gasteiger partial charge in [0.2, 0.25) is 0 Å². The van der Waals surface area contributed by atoms with E-state index in [9.17, 15) is 13.6 Å². The molecule has 1 heterocycles. The van der Waals surface area contributed by atoms with Crippen LogP contribution in [0.1, 0.15) is 15.9 Å². The van der Waals surface area contributed by atoms with Gasteiger partial charge in [-0.05, 0) is 35.9 Å². The number of amides is 1. The van der Waals surface area contributed by atoms with E-state index in [1.54, 1.807) is 32.3 Å². The van der Waals surface area contributed by atoms with E-state index in [4.69, 9.17) is 0 Å². The number of benzene rings is 2. The summed E-state index contributed by atoms with van der Waals surface area (Å²) in [7, 11) is 3.39. The van der Waals surface area contributed by atoms with E-state index in [0.29, 0.717) is 17.8 Å². The van der Waals surface area contributed by atoms with Crippen molar-refractivity contribution >= 4 is 22.5 Å². The first-order valence-corrected chi connectivity index (χ1v) is 7.74. The van der Waals surface area contributed by atoms with Crippen molar-refractivity contribution in [3.05, 3.63) is 71.4 Å². The average molecular weight is 341 g/mol. The summed E-state index contributed by atoms with van der Waals surface area (Å²) in [4.78, 5) is 17.3. The van der Waals surface area contributed by atoms with Gasteiger partial charge >= 0.3 is 0 Å². The Labute approximate surface area is 144 Å². The van der Waals surface area contributed by atoms with E-state index in [2.05, 4.69) is 10.3 Å². The highest BCUT2D eigenvalue weighted by Crippen LogP contribution is 2.26. The quantitative estimate of drug-likeness (QED) is 0.784. The summed E-state index contributed by atoms with van der Waals surface area (Å²) < 4.78 is 27.9. The molecular weight excluding hydrogens is 324 g/mol. The molecule has 0 radical (unpaired) electrons. The molecule has 0 aliphatic heterocycles. The maximum atomic E-state index is 14.1. The van der Waals surface area contributed by atoms with Gasteiger partial charge in [-0.15, -0.1) is 0 Å². The van der Waals surface area contributed by atoms with Gasteiger partial charge < -0.3 is 10.2 Å². The number of hydrogen-bond donors (Lipinski definition) is 1. The monoisotopic (exact) mass is 341 g/mol. The van der Waals surface area contributed by atoms with Gasteiger partial charge in [0.25, 0.3) is 5.91 Å². The van der Waals surface area contributed by atoms with Gasteiger partial charge in [0.05, 0.1) is 5.39 Å². The SMILES string of the molecule is CN(C)C(=O)c1ccc(CNc2ccnc3c(F)ccc(F)c23)cc1. The first kappa shape index (κ1) is 16.8. The summed E-state index contributed by atoms with van der Waals surface area (Å²) in [6.07, 6.45) is 1.44. The number of halogens is 2. The molecule has 0 bridgehead atoms. The van der Waals surface area contributed by atoms with Crippen LogP contribution in [0, 0.1) is 11.6 Å². The van der Waals surface area contributed by atoms with Crippen LogP contribution in [0.25, 0.3) is 10.9 Å². The Hall–Kier alpha value is -3.02. The highest BCUT2D eigenvalue weighted by Gasteiger charge is 2.12. The summed E-state index contributed by atoms with van der Waals surface area (Å²) in [5, 5.41) is 3.23. The van der Waals surface area contributed by atoms with Gasteiger partial charge in [0, 0.05) is 38.1 Å². The molecule has 3 rings (SSSR count). The lowest BCUT2D eigenvalue weighted by atomic mass is 10.1. The molecule has 0 unspecified atom stereocenters. The Morgan fingerprint density at radius 1 is 1.04 bits per heavy atom. The van der Waals surface area contributed by atoms with Crippen molar-refractivity contribution in [3.63, 3.8) is 0 Å². The fourth-order valence-electron chi connectivity index (χ4n) is 2.56. The third-order valence-electron chi connectivity index (χ3n) is 3.88. The zero-order valence-corrected chi connectivity index (χ0v) is 13.9. The average Bonchev–Trinajstić information content (AvgIpc) is 2.62. The lowest BCUT2D eigenvalue weighted by Crippen LogP contribution is -2.21. The van der Waals surface area contributed by atoms with Crippen molar-refractivity contribution in [2.75, 3.05) is 19.4 Å². The molecule has 3 aromatic rings. The molecule has 25 heavy (non-hydrogen) atoms. The van der Waals surface area contributed by atoms with E-state index in [0.717, 1.165) is 17.7 Å². The summed E-state index contributed by atoms with van der Waals surface area (Å²) >= 11 is 0. The molecule has 0 atom stereocenters. The fraction of sp³-hybridized carbons (Fsp3) is 0.158. The fourth-order valence-corrected chi connectivity index (χ4v) is 2.56. The van der Waals surface area contributed by atoms with Crippen LogP contribution >= 0.6 is 0 Å². The predicted molar refractivity (Wildman–Crippen MR) is 93.4 cm³/mol. The minimum atomic E-state index is -0.563. The highest BCUT2D eigenvalue weighted by molar-refractivity contribution is 5.94. The van der Waals surface area contributed by atoms with Crippen molar-refractivity contribution in [1.82, 2.24) is 9.88 Å². The Balaban J connectivity index is 1.82. The largest absolute Gasteiger partial charge is 0.380 e. The predicted octanol–water partition coefficient (Wildman–Crippen LogP) is 3.83. The zero-order chi connectivity index (χ0) is 18.0. The third-order valence-corrected chi connectivity index (χ3v) is 3.88. The Kier molecular flexibility index (Phi) is 4.61. The second-order valence-electron chi connectivity index (χ2n) is 5.86. The maximum absolute atomic E-state index is 14.1. The van der Waals surface area contributed by atoms with E-state index < -0.39 is 11.6 Å². The number of carbonyl (C=O) groups excluding carboxylic acids is 1. The maximum Gasteiger partial charge on any atom is 0.253 e. The molecule has 4 nitrogen and oxygen atoms in total.